The molecule has 21 heavy (non-hydrogen) atoms. The number of halogens is 4. The summed E-state index contributed by atoms with van der Waals surface area (Å²) >= 11 is 12.4. The van der Waals surface area contributed by atoms with Crippen LogP contribution in [0.3, 0.4) is 0 Å². The molecule has 2 aromatic rings. The molecule has 0 heterocycles. The fraction of sp³-hybridized carbons (Fsp3) is 0.0714. The van der Waals surface area contributed by atoms with Crippen LogP contribution in [0, 0.1) is 5.82 Å². The van der Waals surface area contributed by atoms with Crippen molar-refractivity contribution < 1.29 is 13.9 Å². The number of nitrogens with one attached hydrogen (secondary N) is 1. The van der Waals surface area contributed by atoms with Crippen molar-refractivity contribution >= 4 is 55.1 Å². The summed E-state index contributed by atoms with van der Waals surface area (Å²) in [6, 6.07) is 7.36. The minimum Gasteiger partial charge on any atom is -0.493 e. The molecule has 3 nitrogen and oxygen atoms in total. The zero-order valence-electron chi connectivity index (χ0n) is 10.7. The summed E-state index contributed by atoms with van der Waals surface area (Å²) in [6.07, 6.45) is 0. The fourth-order valence-electron chi connectivity index (χ4n) is 1.72. The largest absolute Gasteiger partial charge is 0.493 e. The number of carbonyl (C=O) groups excluding carboxylic acids is 1. The van der Waals surface area contributed by atoms with E-state index in [4.69, 9.17) is 16.3 Å². The molecule has 0 bridgehead atoms. The Labute approximate surface area is 142 Å². The quantitative estimate of drug-likeness (QED) is 0.711. The van der Waals surface area contributed by atoms with E-state index in [9.17, 15) is 9.18 Å². The van der Waals surface area contributed by atoms with Crippen LogP contribution >= 0.6 is 43.5 Å². The Morgan fingerprint density at radius 1 is 1.29 bits per heavy atom. The molecule has 2 rings (SSSR count). The van der Waals surface area contributed by atoms with Gasteiger partial charge < -0.3 is 10.1 Å². The molecule has 0 aromatic heterocycles. The van der Waals surface area contributed by atoms with Gasteiger partial charge in [0.1, 0.15) is 5.82 Å². The maximum Gasteiger partial charge on any atom is 0.258 e. The normalized spacial score (nSPS) is 10.3. The predicted octanol–water partition coefficient (Wildman–Crippen LogP) is 5.27. The summed E-state index contributed by atoms with van der Waals surface area (Å²) in [7, 11) is 1.46. The van der Waals surface area contributed by atoms with Gasteiger partial charge in [-0.3, -0.25) is 4.79 Å². The molecule has 0 spiro atoms. The van der Waals surface area contributed by atoms with Gasteiger partial charge in [0.05, 0.1) is 22.8 Å². The Morgan fingerprint density at radius 3 is 2.62 bits per heavy atom. The van der Waals surface area contributed by atoms with Gasteiger partial charge in [-0.05, 0) is 46.3 Å². The summed E-state index contributed by atoms with van der Waals surface area (Å²) in [5, 5.41) is 3.00. The Kier molecular flexibility index (Phi) is 5.24. The number of carbonyl (C=O) groups is 1. The first-order chi connectivity index (χ1) is 9.92. The monoisotopic (exact) mass is 435 g/mol. The van der Waals surface area contributed by atoms with Crippen LogP contribution in [0.2, 0.25) is 5.02 Å². The Bertz CT molecular complexity index is 710. The van der Waals surface area contributed by atoms with E-state index in [1.807, 2.05) is 0 Å². The number of ether oxygens (including phenoxy) is 1. The number of methoxy groups -OCH3 is 1. The smallest absolute Gasteiger partial charge is 0.258 e. The standard InChI is InChI=1S/C14H9Br2ClFNO2/c1-21-13-10(16)5-8(17)6-12(13)19-14(20)9-3-2-7(15)4-11(9)18/h2-6H,1H3,(H,19,20). The first-order valence-corrected chi connectivity index (χ1v) is 7.68. The lowest BCUT2D eigenvalue weighted by Gasteiger charge is -2.13. The molecule has 0 aliphatic carbocycles. The topological polar surface area (TPSA) is 38.3 Å². The van der Waals surface area contributed by atoms with Crippen molar-refractivity contribution in [3.05, 3.63) is 55.7 Å². The molecule has 1 amide bonds. The van der Waals surface area contributed by atoms with E-state index in [1.54, 1.807) is 12.1 Å². The molecule has 0 fully saturated rings. The highest BCUT2D eigenvalue weighted by Gasteiger charge is 2.16. The van der Waals surface area contributed by atoms with Gasteiger partial charge in [-0.2, -0.15) is 0 Å². The lowest BCUT2D eigenvalue weighted by atomic mass is 10.2. The van der Waals surface area contributed by atoms with E-state index in [0.717, 1.165) is 0 Å². The first kappa shape index (κ1) is 16.3. The van der Waals surface area contributed by atoms with Crippen LogP contribution in [0.1, 0.15) is 10.4 Å². The van der Waals surface area contributed by atoms with E-state index in [1.165, 1.54) is 25.3 Å². The van der Waals surface area contributed by atoms with Gasteiger partial charge in [0, 0.05) is 9.50 Å². The third kappa shape index (κ3) is 3.75. The van der Waals surface area contributed by atoms with E-state index in [0.29, 0.717) is 25.4 Å². The van der Waals surface area contributed by atoms with Crippen molar-refractivity contribution in [2.45, 2.75) is 0 Å². The molecule has 0 aliphatic rings. The number of benzene rings is 2. The Balaban J connectivity index is 2.35. The minimum absolute atomic E-state index is 0.0728. The second-order valence-electron chi connectivity index (χ2n) is 4.05. The van der Waals surface area contributed by atoms with Crippen LogP contribution in [0.4, 0.5) is 10.1 Å². The van der Waals surface area contributed by atoms with E-state index in [2.05, 4.69) is 37.2 Å². The van der Waals surface area contributed by atoms with Gasteiger partial charge in [-0.1, -0.05) is 27.5 Å². The fourth-order valence-corrected chi connectivity index (χ4v) is 3.03. The van der Waals surface area contributed by atoms with Crippen molar-refractivity contribution in [3.8, 4) is 5.75 Å². The molecule has 2 aromatic carbocycles. The third-order valence-corrected chi connectivity index (χ3v) is 3.94. The van der Waals surface area contributed by atoms with Crippen molar-refractivity contribution in [1.29, 1.82) is 0 Å². The average molecular weight is 437 g/mol. The van der Waals surface area contributed by atoms with Crippen LogP contribution in [0.25, 0.3) is 0 Å². The number of hydrogen-bond acceptors (Lipinski definition) is 2. The summed E-state index contributed by atoms with van der Waals surface area (Å²) in [5.41, 5.74) is 0.278. The van der Waals surface area contributed by atoms with Gasteiger partial charge in [-0.25, -0.2) is 4.39 Å². The van der Waals surface area contributed by atoms with E-state index in [-0.39, 0.29) is 5.56 Å². The summed E-state index contributed by atoms with van der Waals surface area (Å²) in [6.45, 7) is 0. The van der Waals surface area contributed by atoms with Crippen LogP contribution in [0.15, 0.2) is 39.3 Å². The zero-order chi connectivity index (χ0) is 15.6. The second-order valence-corrected chi connectivity index (χ2v) is 6.25. The predicted molar refractivity (Wildman–Crippen MR) is 87.8 cm³/mol. The number of rotatable bonds is 3. The molecule has 110 valence electrons. The van der Waals surface area contributed by atoms with Crippen molar-refractivity contribution in [3.63, 3.8) is 0 Å². The molecule has 0 unspecified atom stereocenters. The molecule has 0 saturated carbocycles. The maximum absolute atomic E-state index is 13.8. The number of hydrogen-bond donors (Lipinski definition) is 1. The molecule has 7 heteroatoms. The highest BCUT2D eigenvalue weighted by molar-refractivity contribution is 9.10. The molecule has 0 saturated heterocycles. The lowest BCUT2D eigenvalue weighted by Crippen LogP contribution is -2.14. The number of anilines is 1. The van der Waals surface area contributed by atoms with Gasteiger partial charge in [0.15, 0.2) is 5.75 Å². The summed E-state index contributed by atoms with van der Waals surface area (Å²) in [4.78, 5) is 12.2. The molecule has 0 radical (unpaired) electrons. The molecule has 0 atom stereocenters. The lowest BCUT2D eigenvalue weighted by molar-refractivity contribution is 0.102. The van der Waals surface area contributed by atoms with E-state index < -0.39 is 11.7 Å². The Morgan fingerprint density at radius 2 is 2.00 bits per heavy atom. The minimum atomic E-state index is -0.623. The summed E-state index contributed by atoms with van der Waals surface area (Å²) < 4.78 is 20.1. The SMILES string of the molecule is COc1c(Br)cc(Cl)cc1NC(=O)c1ccc(Br)cc1F. The molecule has 0 aliphatic heterocycles. The third-order valence-electron chi connectivity index (χ3n) is 2.64. The summed E-state index contributed by atoms with van der Waals surface area (Å²) in [5.74, 6) is -0.806. The van der Waals surface area contributed by atoms with Gasteiger partial charge in [-0.15, -0.1) is 0 Å². The van der Waals surface area contributed by atoms with Gasteiger partial charge in [0.2, 0.25) is 0 Å². The van der Waals surface area contributed by atoms with Gasteiger partial charge in [0.25, 0.3) is 5.91 Å². The first-order valence-electron chi connectivity index (χ1n) is 5.72. The Hall–Kier alpha value is -1.11. The van der Waals surface area contributed by atoms with Crippen molar-refractivity contribution in [1.82, 2.24) is 0 Å². The highest BCUT2D eigenvalue weighted by atomic mass is 79.9. The molecule has 1 N–H and O–H groups in total. The van der Waals surface area contributed by atoms with Crippen LogP contribution in [0.5, 0.6) is 5.75 Å². The van der Waals surface area contributed by atoms with E-state index >= 15 is 0 Å². The molecular weight excluding hydrogens is 428 g/mol. The van der Waals surface area contributed by atoms with Crippen LogP contribution < -0.4 is 10.1 Å². The van der Waals surface area contributed by atoms with Crippen molar-refractivity contribution in [2.75, 3.05) is 12.4 Å². The van der Waals surface area contributed by atoms with Crippen LogP contribution in [-0.2, 0) is 0 Å². The number of amides is 1. The molecular formula is C14H9Br2ClFNO2. The van der Waals surface area contributed by atoms with Gasteiger partial charge >= 0.3 is 0 Å². The second kappa shape index (κ2) is 6.77. The highest BCUT2D eigenvalue weighted by Crippen LogP contribution is 2.36. The maximum atomic E-state index is 13.8. The van der Waals surface area contributed by atoms with Crippen molar-refractivity contribution in [2.24, 2.45) is 0 Å². The van der Waals surface area contributed by atoms with Crippen LogP contribution in [-0.4, -0.2) is 13.0 Å². The zero-order valence-corrected chi connectivity index (χ0v) is 14.6. The average Bonchev–Trinajstić information content (AvgIpc) is 2.37.